The molecule has 0 spiro atoms. The Kier molecular flexibility index (Phi) is 5.58. The molecule has 2 aromatic heterocycles. The van der Waals surface area contributed by atoms with E-state index in [9.17, 15) is 4.79 Å². The lowest BCUT2D eigenvalue weighted by molar-refractivity contribution is -0.148. The van der Waals surface area contributed by atoms with E-state index in [0.717, 1.165) is 43.0 Å². The van der Waals surface area contributed by atoms with Crippen LogP contribution in [0, 0.1) is 5.92 Å². The lowest BCUT2D eigenvalue weighted by Gasteiger charge is -2.32. The zero-order valence-electron chi connectivity index (χ0n) is 14.8. The summed E-state index contributed by atoms with van der Waals surface area (Å²) in [4.78, 5) is 27.9. The fourth-order valence-corrected chi connectivity index (χ4v) is 3.07. The lowest BCUT2D eigenvalue weighted by atomic mass is 9.98. The average Bonchev–Trinajstić information content (AvgIpc) is 2.68. The Balaban J connectivity index is 1.87. The monoisotopic (exact) mass is 340 g/mol. The van der Waals surface area contributed by atoms with E-state index in [1.165, 1.54) is 0 Å². The molecule has 2 aromatic rings. The topological polar surface area (TPSA) is 68.2 Å². The first-order valence-corrected chi connectivity index (χ1v) is 8.92. The predicted molar refractivity (Wildman–Crippen MR) is 96.2 cm³/mol. The summed E-state index contributed by atoms with van der Waals surface area (Å²) in [7, 11) is 0. The average molecular weight is 340 g/mol. The standard InChI is InChI=1S/C19H24N4O2/c1-3-15-12-17(22-18(21-15)16-9-5-6-10-20-16)23-11-7-8-14(13-23)19(24)25-4-2/h5-6,9-10,12,14H,3-4,7-8,11,13H2,1-2H3/t14-/m0/s1. The molecule has 0 radical (unpaired) electrons. The molecule has 0 N–H and O–H groups in total. The van der Waals surface area contributed by atoms with Crippen LogP contribution in [0.4, 0.5) is 5.82 Å². The second kappa shape index (κ2) is 8.05. The summed E-state index contributed by atoms with van der Waals surface area (Å²) < 4.78 is 5.20. The summed E-state index contributed by atoms with van der Waals surface area (Å²) in [5.74, 6) is 1.30. The molecule has 0 saturated carbocycles. The van der Waals surface area contributed by atoms with Crippen molar-refractivity contribution in [3.8, 4) is 11.5 Å². The van der Waals surface area contributed by atoms with Crippen LogP contribution in [-0.2, 0) is 16.0 Å². The molecule has 6 heteroatoms. The molecular weight excluding hydrogens is 316 g/mol. The molecule has 0 bridgehead atoms. The van der Waals surface area contributed by atoms with E-state index in [1.54, 1.807) is 6.20 Å². The Morgan fingerprint density at radius 1 is 1.32 bits per heavy atom. The Labute approximate surface area is 148 Å². The van der Waals surface area contributed by atoms with Crippen molar-refractivity contribution in [3.05, 3.63) is 36.2 Å². The van der Waals surface area contributed by atoms with Gasteiger partial charge in [0.15, 0.2) is 5.82 Å². The molecule has 0 aliphatic carbocycles. The van der Waals surface area contributed by atoms with Crippen molar-refractivity contribution in [2.75, 3.05) is 24.6 Å². The molecule has 1 aliphatic rings. The number of ether oxygens (including phenoxy) is 1. The first-order valence-electron chi connectivity index (χ1n) is 8.92. The molecule has 1 fully saturated rings. The van der Waals surface area contributed by atoms with Gasteiger partial charge in [0, 0.05) is 31.0 Å². The molecule has 6 nitrogen and oxygen atoms in total. The van der Waals surface area contributed by atoms with Crippen molar-refractivity contribution in [2.45, 2.75) is 33.1 Å². The Bertz CT molecular complexity index is 721. The molecule has 25 heavy (non-hydrogen) atoms. The number of aryl methyl sites for hydroxylation is 1. The lowest BCUT2D eigenvalue weighted by Crippen LogP contribution is -2.40. The summed E-state index contributed by atoms with van der Waals surface area (Å²) in [5.41, 5.74) is 1.74. The van der Waals surface area contributed by atoms with E-state index in [4.69, 9.17) is 9.72 Å². The van der Waals surface area contributed by atoms with E-state index in [2.05, 4.69) is 21.8 Å². The van der Waals surface area contributed by atoms with Crippen molar-refractivity contribution in [2.24, 2.45) is 5.92 Å². The quantitative estimate of drug-likeness (QED) is 0.780. The van der Waals surface area contributed by atoms with Crippen LogP contribution in [0.15, 0.2) is 30.5 Å². The van der Waals surface area contributed by atoms with Crippen molar-refractivity contribution in [1.29, 1.82) is 0 Å². The maximum Gasteiger partial charge on any atom is 0.310 e. The molecule has 0 unspecified atom stereocenters. The fraction of sp³-hybridized carbons (Fsp3) is 0.474. The van der Waals surface area contributed by atoms with Crippen LogP contribution in [-0.4, -0.2) is 40.6 Å². The summed E-state index contributed by atoms with van der Waals surface area (Å²) in [5, 5.41) is 0. The zero-order chi connectivity index (χ0) is 17.6. The highest BCUT2D eigenvalue weighted by Gasteiger charge is 2.28. The predicted octanol–water partition coefficient (Wildman–Crippen LogP) is 2.88. The number of nitrogens with zero attached hydrogens (tertiary/aromatic N) is 4. The SMILES string of the molecule is CCOC(=O)[C@H]1CCCN(c2cc(CC)nc(-c3ccccn3)n2)C1. The van der Waals surface area contributed by atoms with Gasteiger partial charge in [-0.25, -0.2) is 9.97 Å². The third-order valence-corrected chi connectivity index (χ3v) is 4.39. The minimum atomic E-state index is -0.109. The van der Waals surface area contributed by atoms with Crippen LogP contribution in [0.25, 0.3) is 11.5 Å². The Morgan fingerprint density at radius 3 is 2.92 bits per heavy atom. The molecule has 0 aromatic carbocycles. The van der Waals surface area contributed by atoms with Crippen molar-refractivity contribution in [1.82, 2.24) is 15.0 Å². The smallest absolute Gasteiger partial charge is 0.310 e. The first-order chi connectivity index (χ1) is 12.2. The van der Waals surface area contributed by atoms with Gasteiger partial charge in [-0.05, 0) is 38.3 Å². The van der Waals surface area contributed by atoms with Crippen LogP contribution in [0.5, 0.6) is 0 Å². The normalized spacial score (nSPS) is 17.4. The Morgan fingerprint density at radius 2 is 2.20 bits per heavy atom. The van der Waals surface area contributed by atoms with Crippen molar-refractivity contribution >= 4 is 11.8 Å². The number of carbonyl (C=O) groups excluding carboxylic acids is 1. The van der Waals surface area contributed by atoms with Gasteiger partial charge in [0.2, 0.25) is 0 Å². The van der Waals surface area contributed by atoms with E-state index < -0.39 is 0 Å². The summed E-state index contributed by atoms with van der Waals surface area (Å²) in [6, 6.07) is 7.74. The number of hydrogen-bond donors (Lipinski definition) is 0. The number of hydrogen-bond acceptors (Lipinski definition) is 6. The minimum Gasteiger partial charge on any atom is -0.466 e. The third kappa shape index (κ3) is 4.13. The maximum atomic E-state index is 12.1. The molecule has 0 amide bonds. The van der Waals surface area contributed by atoms with Gasteiger partial charge >= 0.3 is 5.97 Å². The van der Waals surface area contributed by atoms with Gasteiger partial charge in [0.25, 0.3) is 0 Å². The summed E-state index contributed by atoms with van der Waals surface area (Å²) in [6.07, 6.45) is 4.39. The second-order valence-electron chi connectivity index (χ2n) is 6.15. The van der Waals surface area contributed by atoms with Gasteiger partial charge < -0.3 is 9.64 Å². The van der Waals surface area contributed by atoms with Crippen molar-refractivity contribution < 1.29 is 9.53 Å². The number of carbonyl (C=O) groups is 1. The second-order valence-corrected chi connectivity index (χ2v) is 6.15. The minimum absolute atomic E-state index is 0.0907. The highest BCUT2D eigenvalue weighted by atomic mass is 16.5. The van der Waals surface area contributed by atoms with Gasteiger partial charge in [-0.3, -0.25) is 9.78 Å². The summed E-state index contributed by atoms with van der Waals surface area (Å²) >= 11 is 0. The van der Waals surface area contributed by atoms with Crippen LogP contribution in [0.2, 0.25) is 0 Å². The van der Waals surface area contributed by atoms with Gasteiger partial charge in [-0.15, -0.1) is 0 Å². The van der Waals surface area contributed by atoms with Gasteiger partial charge in [-0.2, -0.15) is 0 Å². The van der Waals surface area contributed by atoms with Gasteiger partial charge in [0.1, 0.15) is 11.5 Å². The number of esters is 1. The molecule has 132 valence electrons. The third-order valence-electron chi connectivity index (χ3n) is 4.39. The zero-order valence-corrected chi connectivity index (χ0v) is 14.8. The maximum absolute atomic E-state index is 12.1. The van der Waals surface area contributed by atoms with E-state index >= 15 is 0 Å². The molecule has 3 rings (SSSR count). The molecule has 1 saturated heterocycles. The van der Waals surface area contributed by atoms with Crippen molar-refractivity contribution in [3.63, 3.8) is 0 Å². The molecular formula is C19H24N4O2. The number of anilines is 1. The van der Waals surface area contributed by atoms with Crippen LogP contribution in [0.3, 0.4) is 0 Å². The van der Waals surface area contributed by atoms with Crippen LogP contribution < -0.4 is 4.90 Å². The number of rotatable bonds is 5. The van der Waals surface area contributed by atoms with Gasteiger partial charge in [0.05, 0.1) is 12.5 Å². The van der Waals surface area contributed by atoms with Crippen LogP contribution in [0.1, 0.15) is 32.4 Å². The van der Waals surface area contributed by atoms with E-state index in [-0.39, 0.29) is 11.9 Å². The first kappa shape index (κ1) is 17.3. The number of pyridine rings is 1. The Hall–Kier alpha value is -2.50. The highest BCUT2D eigenvalue weighted by molar-refractivity contribution is 5.73. The molecule has 3 heterocycles. The largest absolute Gasteiger partial charge is 0.466 e. The molecule has 1 aliphatic heterocycles. The van der Waals surface area contributed by atoms with E-state index in [1.807, 2.05) is 31.2 Å². The summed E-state index contributed by atoms with van der Waals surface area (Å²) in [6.45, 7) is 5.87. The van der Waals surface area contributed by atoms with E-state index in [0.29, 0.717) is 19.0 Å². The number of aromatic nitrogens is 3. The van der Waals surface area contributed by atoms with Gasteiger partial charge in [-0.1, -0.05) is 13.0 Å². The highest BCUT2D eigenvalue weighted by Crippen LogP contribution is 2.25. The fourth-order valence-electron chi connectivity index (χ4n) is 3.07. The molecule has 1 atom stereocenters. The van der Waals surface area contributed by atoms with Crippen LogP contribution >= 0.6 is 0 Å². The number of piperidine rings is 1.